The van der Waals surface area contributed by atoms with Crippen LogP contribution in [0.1, 0.15) is 18.1 Å². The number of rotatable bonds is 4. The van der Waals surface area contributed by atoms with E-state index in [-0.39, 0.29) is 23.9 Å². The van der Waals surface area contributed by atoms with Crippen molar-refractivity contribution in [3.05, 3.63) is 23.3 Å². The molecular formula is C14H20N2O3. The molecule has 1 heterocycles. The fourth-order valence-electron chi connectivity index (χ4n) is 1.98. The first-order valence-corrected chi connectivity index (χ1v) is 6.35. The Balaban J connectivity index is 1.93. The molecule has 1 aliphatic heterocycles. The molecule has 1 aromatic rings. The number of anilines is 1. The lowest BCUT2D eigenvalue weighted by Gasteiger charge is -2.38. The molecule has 0 radical (unpaired) electrons. The Bertz CT molecular complexity index is 496. The van der Waals surface area contributed by atoms with Crippen molar-refractivity contribution in [2.75, 3.05) is 25.0 Å². The molecule has 0 aromatic heterocycles. The Kier molecular flexibility index (Phi) is 3.78. The third-order valence-electron chi connectivity index (χ3n) is 3.46. The van der Waals surface area contributed by atoms with E-state index >= 15 is 0 Å². The highest BCUT2D eigenvalue weighted by Gasteiger charge is 2.33. The maximum absolute atomic E-state index is 11.8. The molecule has 2 rings (SSSR count). The number of hydrogen-bond acceptors (Lipinski definition) is 4. The molecule has 1 aliphatic rings. The first-order valence-electron chi connectivity index (χ1n) is 6.35. The van der Waals surface area contributed by atoms with Crippen molar-refractivity contribution in [3.8, 4) is 5.75 Å². The summed E-state index contributed by atoms with van der Waals surface area (Å²) in [5.74, 6) is 0.00773. The first kappa shape index (κ1) is 13.8. The molecule has 0 atom stereocenters. The van der Waals surface area contributed by atoms with Crippen LogP contribution in [-0.2, 0) is 9.53 Å². The summed E-state index contributed by atoms with van der Waals surface area (Å²) in [6.07, 6.45) is 0. The molecule has 1 aromatic carbocycles. The second-order valence-corrected chi connectivity index (χ2v) is 5.29. The molecule has 0 aliphatic carbocycles. The number of carbonyl (C=O) groups is 1. The Morgan fingerprint density at radius 2 is 2.16 bits per heavy atom. The van der Waals surface area contributed by atoms with Crippen LogP contribution in [0.25, 0.3) is 0 Å². The Morgan fingerprint density at radius 3 is 2.74 bits per heavy atom. The van der Waals surface area contributed by atoms with Crippen molar-refractivity contribution in [2.45, 2.75) is 26.4 Å². The summed E-state index contributed by atoms with van der Waals surface area (Å²) in [6, 6.07) is 3.56. The van der Waals surface area contributed by atoms with Crippen molar-refractivity contribution in [3.63, 3.8) is 0 Å². The number of phenols is 1. The summed E-state index contributed by atoms with van der Waals surface area (Å²) in [6.45, 7) is 7.12. The second-order valence-electron chi connectivity index (χ2n) is 5.29. The van der Waals surface area contributed by atoms with Crippen molar-refractivity contribution in [1.82, 2.24) is 5.32 Å². The minimum absolute atomic E-state index is 0.0201. The van der Waals surface area contributed by atoms with Gasteiger partial charge in [-0.25, -0.2) is 0 Å². The minimum Gasteiger partial charge on any atom is -0.507 e. The SMILES string of the molecule is Cc1ccc(NC(=O)COC2(C)CNC2)c(C)c1O. The van der Waals surface area contributed by atoms with Crippen LogP contribution in [0, 0.1) is 13.8 Å². The maximum Gasteiger partial charge on any atom is 0.250 e. The quantitative estimate of drug-likeness (QED) is 0.767. The zero-order valence-corrected chi connectivity index (χ0v) is 11.5. The van der Waals surface area contributed by atoms with E-state index in [0.717, 1.165) is 18.7 Å². The molecule has 1 fully saturated rings. The summed E-state index contributed by atoms with van der Waals surface area (Å²) >= 11 is 0. The van der Waals surface area contributed by atoms with Gasteiger partial charge in [0.2, 0.25) is 5.91 Å². The monoisotopic (exact) mass is 264 g/mol. The smallest absolute Gasteiger partial charge is 0.250 e. The molecule has 3 N–H and O–H groups in total. The van der Waals surface area contributed by atoms with E-state index in [9.17, 15) is 9.90 Å². The van der Waals surface area contributed by atoms with E-state index in [2.05, 4.69) is 10.6 Å². The lowest BCUT2D eigenvalue weighted by atomic mass is 10.0. The summed E-state index contributed by atoms with van der Waals surface area (Å²) in [4.78, 5) is 11.8. The second kappa shape index (κ2) is 5.19. The molecule has 19 heavy (non-hydrogen) atoms. The third-order valence-corrected chi connectivity index (χ3v) is 3.46. The molecule has 1 saturated heterocycles. The van der Waals surface area contributed by atoms with E-state index in [4.69, 9.17) is 4.74 Å². The van der Waals surface area contributed by atoms with E-state index in [1.165, 1.54) is 0 Å². The van der Waals surface area contributed by atoms with Crippen LogP contribution >= 0.6 is 0 Å². The maximum atomic E-state index is 11.8. The van der Waals surface area contributed by atoms with Gasteiger partial charge in [0.1, 0.15) is 12.4 Å². The van der Waals surface area contributed by atoms with Crippen LogP contribution in [0.4, 0.5) is 5.69 Å². The average Bonchev–Trinajstić information content (AvgIpc) is 2.35. The normalized spacial score (nSPS) is 16.8. The van der Waals surface area contributed by atoms with E-state index < -0.39 is 0 Å². The molecule has 0 unspecified atom stereocenters. The van der Waals surface area contributed by atoms with Gasteiger partial charge in [0.25, 0.3) is 0 Å². The van der Waals surface area contributed by atoms with Crippen LogP contribution in [0.5, 0.6) is 5.75 Å². The van der Waals surface area contributed by atoms with Crippen molar-refractivity contribution in [1.29, 1.82) is 0 Å². The largest absolute Gasteiger partial charge is 0.507 e. The zero-order chi connectivity index (χ0) is 14.0. The predicted molar refractivity (Wildman–Crippen MR) is 73.4 cm³/mol. The molecule has 104 valence electrons. The van der Waals surface area contributed by atoms with Gasteiger partial charge in [-0.3, -0.25) is 4.79 Å². The highest BCUT2D eigenvalue weighted by atomic mass is 16.5. The summed E-state index contributed by atoms with van der Waals surface area (Å²) < 4.78 is 5.56. The average molecular weight is 264 g/mol. The Hall–Kier alpha value is -1.59. The predicted octanol–water partition coefficient (Wildman–Crippen LogP) is 1.33. The zero-order valence-electron chi connectivity index (χ0n) is 11.5. The fourth-order valence-corrected chi connectivity index (χ4v) is 1.98. The van der Waals surface area contributed by atoms with Crippen molar-refractivity contribution >= 4 is 11.6 Å². The van der Waals surface area contributed by atoms with E-state index in [1.807, 2.05) is 13.8 Å². The lowest BCUT2D eigenvalue weighted by Crippen LogP contribution is -2.59. The number of aromatic hydroxyl groups is 1. The number of ether oxygens (including phenoxy) is 1. The van der Waals surface area contributed by atoms with Gasteiger partial charge in [-0.2, -0.15) is 0 Å². The van der Waals surface area contributed by atoms with Gasteiger partial charge in [0.05, 0.1) is 5.60 Å². The lowest BCUT2D eigenvalue weighted by molar-refractivity contribution is -0.130. The molecule has 0 spiro atoms. The third kappa shape index (κ3) is 3.05. The topological polar surface area (TPSA) is 70.6 Å². The summed E-state index contributed by atoms with van der Waals surface area (Å²) in [7, 11) is 0. The van der Waals surface area contributed by atoms with Crippen LogP contribution in [0.3, 0.4) is 0 Å². The van der Waals surface area contributed by atoms with Crippen LogP contribution in [-0.4, -0.2) is 36.3 Å². The number of benzene rings is 1. The molecule has 5 nitrogen and oxygen atoms in total. The Morgan fingerprint density at radius 1 is 1.47 bits per heavy atom. The molecule has 0 saturated carbocycles. The number of aryl methyl sites for hydroxylation is 1. The number of carbonyl (C=O) groups excluding carboxylic acids is 1. The molecule has 1 amide bonds. The van der Waals surface area contributed by atoms with Gasteiger partial charge < -0.3 is 20.5 Å². The summed E-state index contributed by atoms with van der Waals surface area (Å²) in [5.41, 5.74) is 1.85. The standard InChI is InChI=1S/C14H20N2O3/c1-9-4-5-11(10(2)13(9)18)16-12(17)6-19-14(3)7-15-8-14/h4-5,15,18H,6-8H2,1-3H3,(H,16,17). The van der Waals surface area contributed by atoms with Gasteiger partial charge in [-0.1, -0.05) is 6.07 Å². The fraction of sp³-hybridized carbons (Fsp3) is 0.500. The number of hydrogen-bond donors (Lipinski definition) is 3. The number of amides is 1. The van der Waals surface area contributed by atoms with Gasteiger partial charge in [0.15, 0.2) is 0 Å². The first-order chi connectivity index (χ1) is 8.91. The van der Waals surface area contributed by atoms with Crippen LogP contribution in [0.15, 0.2) is 12.1 Å². The van der Waals surface area contributed by atoms with Crippen LogP contribution in [0.2, 0.25) is 0 Å². The highest BCUT2D eigenvalue weighted by Crippen LogP contribution is 2.28. The van der Waals surface area contributed by atoms with Gasteiger partial charge in [0, 0.05) is 24.3 Å². The van der Waals surface area contributed by atoms with E-state index in [1.54, 1.807) is 19.1 Å². The molecular weight excluding hydrogens is 244 g/mol. The van der Waals surface area contributed by atoms with E-state index in [0.29, 0.717) is 11.3 Å². The van der Waals surface area contributed by atoms with Crippen LogP contribution < -0.4 is 10.6 Å². The minimum atomic E-state index is -0.234. The van der Waals surface area contributed by atoms with Crippen molar-refractivity contribution in [2.24, 2.45) is 0 Å². The molecule has 0 bridgehead atoms. The van der Waals surface area contributed by atoms with Crippen molar-refractivity contribution < 1.29 is 14.6 Å². The number of nitrogens with one attached hydrogen (secondary N) is 2. The van der Waals surface area contributed by atoms with Gasteiger partial charge >= 0.3 is 0 Å². The van der Waals surface area contributed by atoms with Gasteiger partial charge in [-0.05, 0) is 32.4 Å². The number of phenolic OH excluding ortho intramolecular Hbond substituents is 1. The molecule has 5 heteroatoms. The summed E-state index contributed by atoms with van der Waals surface area (Å²) in [5, 5.41) is 15.7. The van der Waals surface area contributed by atoms with Gasteiger partial charge in [-0.15, -0.1) is 0 Å². The Labute approximate surface area is 113 Å². The highest BCUT2D eigenvalue weighted by molar-refractivity contribution is 5.92.